The molecule has 35 heavy (non-hydrogen) atoms. The molecular weight excluding hydrogens is 444 g/mol. The van der Waals surface area contributed by atoms with Gasteiger partial charge in [-0.05, 0) is 36.1 Å². The van der Waals surface area contributed by atoms with Crippen molar-refractivity contribution in [1.82, 2.24) is 10.2 Å². The third-order valence-electron chi connectivity index (χ3n) is 7.19. The molecule has 0 saturated carbocycles. The molecule has 7 heteroatoms. The van der Waals surface area contributed by atoms with E-state index in [-0.39, 0.29) is 30.6 Å². The minimum atomic E-state index is -0.489. The van der Waals surface area contributed by atoms with Crippen molar-refractivity contribution < 1.29 is 24.1 Å². The van der Waals surface area contributed by atoms with Gasteiger partial charge in [0, 0.05) is 44.6 Å². The van der Waals surface area contributed by atoms with Gasteiger partial charge in [0.05, 0.1) is 25.4 Å². The van der Waals surface area contributed by atoms with Gasteiger partial charge in [0.25, 0.3) is 0 Å². The molecule has 2 fully saturated rings. The molecule has 2 aliphatic heterocycles. The van der Waals surface area contributed by atoms with E-state index in [2.05, 4.69) is 17.1 Å². The maximum absolute atomic E-state index is 11.2. The van der Waals surface area contributed by atoms with E-state index >= 15 is 0 Å². The molecule has 5 atom stereocenters. The van der Waals surface area contributed by atoms with Crippen molar-refractivity contribution in [3.63, 3.8) is 0 Å². The highest BCUT2D eigenvalue weighted by molar-refractivity contribution is 5.72. The van der Waals surface area contributed by atoms with Crippen LogP contribution >= 0.6 is 0 Å². The van der Waals surface area contributed by atoms with Crippen molar-refractivity contribution in [2.75, 3.05) is 26.8 Å². The predicted octanol–water partition coefficient (Wildman–Crippen LogP) is 3.72. The van der Waals surface area contributed by atoms with Crippen molar-refractivity contribution in [2.24, 2.45) is 5.92 Å². The van der Waals surface area contributed by atoms with Gasteiger partial charge in [-0.1, -0.05) is 55.5 Å². The largest absolute Gasteiger partial charge is 0.392 e. The molecule has 2 aromatic rings. The topological polar surface area (TPSA) is 80.3 Å². The van der Waals surface area contributed by atoms with Gasteiger partial charge in [-0.2, -0.15) is 0 Å². The fourth-order valence-electron chi connectivity index (χ4n) is 5.10. The molecule has 1 amide bonds. The second-order valence-electron chi connectivity index (χ2n) is 9.72. The van der Waals surface area contributed by atoms with Crippen LogP contribution in [0.15, 0.2) is 48.5 Å². The number of likely N-dealkylation sites (tertiary alicyclic amines) is 1. The van der Waals surface area contributed by atoms with Crippen LogP contribution in [0.1, 0.15) is 61.3 Å². The number of rotatable bonds is 9. The van der Waals surface area contributed by atoms with Crippen molar-refractivity contribution in [2.45, 2.75) is 64.4 Å². The highest BCUT2D eigenvalue weighted by Crippen LogP contribution is 2.42. The molecule has 0 spiro atoms. The van der Waals surface area contributed by atoms with Crippen LogP contribution in [0, 0.1) is 5.92 Å². The van der Waals surface area contributed by atoms with Gasteiger partial charge in [-0.25, -0.2) is 0 Å². The minimum Gasteiger partial charge on any atom is -0.392 e. The minimum absolute atomic E-state index is 0.00668. The Labute approximate surface area is 208 Å². The third-order valence-corrected chi connectivity index (χ3v) is 7.19. The maximum atomic E-state index is 11.2. The summed E-state index contributed by atoms with van der Waals surface area (Å²) in [6, 6.07) is 16.5. The predicted molar refractivity (Wildman–Crippen MR) is 133 cm³/mol. The Morgan fingerprint density at radius 2 is 1.77 bits per heavy atom. The molecule has 0 radical (unpaired) electrons. The highest BCUT2D eigenvalue weighted by Gasteiger charge is 2.40. The fraction of sp³-hybridized carbons (Fsp3) is 0.536. The Kier molecular flexibility index (Phi) is 8.92. The number of benzene rings is 2. The molecule has 2 aromatic carbocycles. The first-order valence-electron chi connectivity index (χ1n) is 12.6. The zero-order valence-electron chi connectivity index (χ0n) is 21.0. The summed E-state index contributed by atoms with van der Waals surface area (Å²) in [4.78, 5) is 13.7. The quantitative estimate of drug-likeness (QED) is 0.567. The van der Waals surface area contributed by atoms with Crippen molar-refractivity contribution >= 4 is 5.91 Å². The lowest BCUT2D eigenvalue weighted by atomic mass is 9.90. The average Bonchev–Trinajstić information content (AvgIpc) is 3.31. The number of nitrogens with zero attached hydrogens (tertiary/aromatic N) is 1. The lowest BCUT2D eigenvalue weighted by Gasteiger charge is -2.43. The van der Waals surface area contributed by atoms with E-state index in [0.29, 0.717) is 12.6 Å². The molecule has 0 aromatic heterocycles. The second-order valence-corrected chi connectivity index (χ2v) is 9.72. The molecule has 0 bridgehead atoms. The number of nitrogens with one attached hydrogen (secondary N) is 1. The number of carbonyl (C=O) groups excluding carboxylic acids is 1. The van der Waals surface area contributed by atoms with E-state index in [9.17, 15) is 9.90 Å². The molecule has 0 aliphatic carbocycles. The van der Waals surface area contributed by atoms with Gasteiger partial charge in [0.2, 0.25) is 5.91 Å². The molecule has 2 N–H and O–H groups in total. The molecule has 2 aliphatic rings. The summed E-state index contributed by atoms with van der Waals surface area (Å²) in [5, 5.41) is 12.3. The second kappa shape index (κ2) is 12.1. The van der Waals surface area contributed by atoms with Gasteiger partial charge >= 0.3 is 0 Å². The lowest BCUT2D eigenvalue weighted by Crippen LogP contribution is -2.46. The highest BCUT2D eigenvalue weighted by atomic mass is 16.7. The number of methoxy groups -OCH3 is 1. The maximum Gasteiger partial charge on any atom is 0.217 e. The Hall–Kier alpha value is -2.29. The van der Waals surface area contributed by atoms with Gasteiger partial charge in [-0.3, -0.25) is 9.69 Å². The zero-order valence-corrected chi connectivity index (χ0v) is 21.0. The van der Waals surface area contributed by atoms with E-state index in [1.54, 1.807) is 7.11 Å². The monoisotopic (exact) mass is 482 g/mol. The number of hydrogen-bond acceptors (Lipinski definition) is 6. The molecule has 2 heterocycles. The third kappa shape index (κ3) is 6.48. The summed E-state index contributed by atoms with van der Waals surface area (Å²) >= 11 is 0. The summed E-state index contributed by atoms with van der Waals surface area (Å²) in [7, 11) is 1.77. The molecule has 2 saturated heterocycles. The van der Waals surface area contributed by atoms with Crippen molar-refractivity contribution in [3.8, 4) is 0 Å². The SMILES string of the molecule is COC[C@@H]1CCCN1C[C@H]1O[C@@H](c2ccc(CNC(C)=O)cc2)O[C@@H](c2ccc(CO)cc2)[C@H]1C. The number of aliphatic hydroxyl groups is 1. The number of ether oxygens (including phenoxy) is 3. The van der Waals surface area contributed by atoms with Crippen LogP contribution in [0.4, 0.5) is 0 Å². The van der Waals surface area contributed by atoms with Gasteiger partial charge in [0.1, 0.15) is 0 Å². The molecular formula is C28H38N2O5. The van der Waals surface area contributed by atoms with Crippen LogP contribution in [-0.2, 0) is 32.2 Å². The lowest BCUT2D eigenvalue weighted by molar-refractivity contribution is -0.276. The zero-order chi connectivity index (χ0) is 24.8. The van der Waals surface area contributed by atoms with Gasteiger partial charge < -0.3 is 24.6 Å². The molecule has 190 valence electrons. The van der Waals surface area contributed by atoms with Gasteiger partial charge in [0.15, 0.2) is 6.29 Å². The van der Waals surface area contributed by atoms with Gasteiger partial charge in [-0.15, -0.1) is 0 Å². The summed E-state index contributed by atoms with van der Waals surface area (Å²) in [5.41, 5.74) is 3.96. The van der Waals surface area contributed by atoms with E-state index in [0.717, 1.165) is 48.4 Å². The van der Waals surface area contributed by atoms with Crippen LogP contribution in [0.25, 0.3) is 0 Å². The summed E-state index contributed by atoms with van der Waals surface area (Å²) in [6.07, 6.45) is 1.70. The molecule has 7 nitrogen and oxygen atoms in total. The molecule has 0 unspecified atom stereocenters. The van der Waals surface area contributed by atoms with Crippen LogP contribution in [0.5, 0.6) is 0 Å². The van der Waals surface area contributed by atoms with E-state index in [1.165, 1.54) is 13.3 Å². The Balaban J connectivity index is 1.55. The van der Waals surface area contributed by atoms with Crippen LogP contribution in [0.2, 0.25) is 0 Å². The average molecular weight is 483 g/mol. The summed E-state index contributed by atoms with van der Waals surface area (Å²) in [5.74, 6) is 0.0997. The number of hydrogen-bond donors (Lipinski definition) is 2. The molecule has 4 rings (SSSR count). The van der Waals surface area contributed by atoms with E-state index < -0.39 is 6.29 Å². The van der Waals surface area contributed by atoms with Crippen LogP contribution < -0.4 is 5.32 Å². The van der Waals surface area contributed by atoms with Crippen LogP contribution in [0.3, 0.4) is 0 Å². The smallest absolute Gasteiger partial charge is 0.217 e. The number of aliphatic hydroxyl groups excluding tert-OH is 1. The summed E-state index contributed by atoms with van der Waals surface area (Å²) < 4.78 is 18.6. The summed E-state index contributed by atoms with van der Waals surface area (Å²) in [6.45, 7) is 6.87. The fourth-order valence-corrected chi connectivity index (χ4v) is 5.10. The standard InChI is InChI=1S/C28H38N2O5/c1-19-26(16-30-14-4-5-25(30)18-33-3)34-28(24-12-6-21(7-13-24)15-29-20(2)32)35-27(19)23-10-8-22(17-31)9-11-23/h6-13,19,25-28,31H,4-5,14-18H2,1-3H3,(H,29,32)/t19-,25-,26+,27+,28+/m0/s1. The van der Waals surface area contributed by atoms with Crippen LogP contribution in [-0.4, -0.2) is 54.9 Å². The number of amides is 1. The first-order chi connectivity index (χ1) is 17.0. The van der Waals surface area contributed by atoms with E-state index in [4.69, 9.17) is 14.2 Å². The van der Waals surface area contributed by atoms with Crippen molar-refractivity contribution in [1.29, 1.82) is 0 Å². The normalized spacial score (nSPS) is 27.1. The Bertz CT molecular complexity index is 949. The van der Waals surface area contributed by atoms with E-state index in [1.807, 2.05) is 48.5 Å². The Morgan fingerprint density at radius 3 is 2.43 bits per heavy atom. The first-order valence-corrected chi connectivity index (χ1v) is 12.6. The van der Waals surface area contributed by atoms with Crippen molar-refractivity contribution in [3.05, 3.63) is 70.8 Å². The first kappa shape index (κ1) is 25.8. The number of carbonyl (C=O) groups is 1. The Morgan fingerprint density at radius 1 is 1.09 bits per heavy atom.